The molecule has 1 atom stereocenters. The van der Waals surface area contributed by atoms with Crippen molar-refractivity contribution in [2.75, 3.05) is 6.54 Å². The smallest absolute Gasteiger partial charge is 0.185 e. The molecule has 0 aliphatic carbocycles. The molecule has 78 valence electrons. The lowest BCUT2D eigenvalue weighted by molar-refractivity contribution is 0.0908. The van der Waals surface area contributed by atoms with Crippen molar-refractivity contribution in [3.05, 3.63) is 18.0 Å². The summed E-state index contributed by atoms with van der Waals surface area (Å²) in [6.45, 7) is 2.47. The summed E-state index contributed by atoms with van der Waals surface area (Å²) in [6, 6.07) is 1.74. The lowest BCUT2D eigenvalue weighted by Gasteiger charge is -2.11. The Morgan fingerprint density at radius 3 is 2.86 bits per heavy atom. The van der Waals surface area contributed by atoms with Crippen LogP contribution in [0.2, 0.25) is 0 Å². The van der Waals surface area contributed by atoms with Crippen molar-refractivity contribution in [3.63, 3.8) is 0 Å². The van der Waals surface area contributed by atoms with Gasteiger partial charge in [-0.1, -0.05) is 13.3 Å². The first-order valence-electron chi connectivity index (χ1n) is 4.93. The van der Waals surface area contributed by atoms with E-state index in [1.807, 2.05) is 0 Å². The van der Waals surface area contributed by atoms with E-state index in [-0.39, 0.29) is 11.7 Å². The van der Waals surface area contributed by atoms with Crippen molar-refractivity contribution in [1.82, 2.24) is 9.78 Å². The second-order valence-electron chi connectivity index (χ2n) is 3.43. The van der Waals surface area contributed by atoms with Gasteiger partial charge in [-0.05, 0) is 12.5 Å². The Balaban J connectivity index is 2.78. The van der Waals surface area contributed by atoms with E-state index < -0.39 is 0 Å². The maximum Gasteiger partial charge on any atom is 0.185 e. The van der Waals surface area contributed by atoms with Crippen LogP contribution in [0.1, 0.15) is 30.3 Å². The van der Waals surface area contributed by atoms with E-state index in [1.54, 1.807) is 24.0 Å². The van der Waals surface area contributed by atoms with Crippen molar-refractivity contribution >= 4 is 5.78 Å². The summed E-state index contributed by atoms with van der Waals surface area (Å²) in [4.78, 5) is 11.9. The zero-order valence-corrected chi connectivity index (χ0v) is 8.73. The molecule has 1 rings (SSSR count). The second kappa shape index (κ2) is 4.91. The van der Waals surface area contributed by atoms with Crippen molar-refractivity contribution in [3.8, 4) is 0 Å². The third kappa shape index (κ3) is 2.20. The van der Waals surface area contributed by atoms with Gasteiger partial charge in [0.15, 0.2) is 5.78 Å². The van der Waals surface area contributed by atoms with Crippen LogP contribution in [0, 0.1) is 5.92 Å². The summed E-state index contributed by atoms with van der Waals surface area (Å²) < 4.78 is 1.60. The van der Waals surface area contributed by atoms with E-state index in [0.29, 0.717) is 12.2 Å². The van der Waals surface area contributed by atoms with Crippen LogP contribution in [0.3, 0.4) is 0 Å². The number of carbonyl (C=O) groups is 1. The summed E-state index contributed by atoms with van der Waals surface area (Å²) >= 11 is 0. The van der Waals surface area contributed by atoms with Crippen LogP contribution in [0.4, 0.5) is 0 Å². The van der Waals surface area contributed by atoms with Gasteiger partial charge in [0.2, 0.25) is 0 Å². The lowest BCUT2D eigenvalue weighted by Crippen LogP contribution is -2.25. The van der Waals surface area contributed by atoms with Crippen molar-refractivity contribution in [2.45, 2.75) is 19.8 Å². The minimum Gasteiger partial charge on any atom is -0.330 e. The predicted octanol–water partition coefficient (Wildman–Crippen LogP) is 0.978. The van der Waals surface area contributed by atoms with Crippen LogP contribution in [0.5, 0.6) is 0 Å². The molecular formula is C10H17N3O. The molecule has 4 nitrogen and oxygen atoms in total. The van der Waals surface area contributed by atoms with Crippen LogP contribution in [-0.4, -0.2) is 22.1 Å². The lowest BCUT2D eigenvalue weighted by atomic mass is 9.97. The van der Waals surface area contributed by atoms with Gasteiger partial charge in [-0.15, -0.1) is 0 Å². The van der Waals surface area contributed by atoms with Gasteiger partial charge in [-0.3, -0.25) is 9.48 Å². The fourth-order valence-corrected chi connectivity index (χ4v) is 1.53. The zero-order chi connectivity index (χ0) is 10.6. The SMILES string of the molecule is CCCC(CN)C(=O)c1ccnn1C. The summed E-state index contributed by atoms with van der Waals surface area (Å²) in [6.07, 6.45) is 3.46. The number of nitrogens with two attached hydrogens (primary N) is 1. The van der Waals surface area contributed by atoms with E-state index in [4.69, 9.17) is 5.73 Å². The van der Waals surface area contributed by atoms with Crippen molar-refractivity contribution in [1.29, 1.82) is 0 Å². The zero-order valence-electron chi connectivity index (χ0n) is 8.73. The van der Waals surface area contributed by atoms with E-state index in [0.717, 1.165) is 12.8 Å². The maximum absolute atomic E-state index is 11.9. The van der Waals surface area contributed by atoms with Gasteiger partial charge in [0.25, 0.3) is 0 Å². The number of aromatic nitrogens is 2. The highest BCUT2D eigenvalue weighted by Crippen LogP contribution is 2.12. The fraction of sp³-hybridized carbons (Fsp3) is 0.600. The predicted molar refractivity (Wildman–Crippen MR) is 55.0 cm³/mol. The molecule has 0 spiro atoms. The fourth-order valence-electron chi connectivity index (χ4n) is 1.53. The third-order valence-corrected chi connectivity index (χ3v) is 2.37. The van der Waals surface area contributed by atoms with Crippen molar-refractivity contribution < 1.29 is 4.79 Å². The summed E-state index contributed by atoms with van der Waals surface area (Å²) in [5.41, 5.74) is 6.21. The Morgan fingerprint density at radius 2 is 2.43 bits per heavy atom. The Kier molecular flexibility index (Phi) is 3.83. The molecule has 0 saturated carbocycles. The van der Waals surface area contributed by atoms with E-state index in [1.165, 1.54) is 0 Å². The highest BCUT2D eigenvalue weighted by atomic mass is 16.1. The van der Waals surface area contributed by atoms with Crippen LogP contribution in [0.15, 0.2) is 12.3 Å². The number of ketones is 1. The number of nitrogens with zero attached hydrogens (tertiary/aromatic N) is 2. The summed E-state index contributed by atoms with van der Waals surface area (Å²) in [7, 11) is 1.77. The van der Waals surface area contributed by atoms with Crippen molar-refractivity contribution in [2.24, 2.45) is 18.7 Å². The largest absolute Gasteiger partial charge is 0.330 e. The van der Waals surface area contributed by atoms with Gasteiger partial charge in [-0.2, -0.15) is 5.10 Å². The van der Waals surface area contributed by atoms with Gasteiger partial charge in [0.1, 0.15) is 5.69 Å². The molecule has 1 heterocycles. The van der Waals surface area contributed by atoms with Gasteiger partial charge in [0.05, 0.1) is 0 Å². The molecule has 0 saturated heterocycles. The average Bonchev–Trinajstić information content (AvgIpc) is 2.59. The van der Waals surface area contributed by atoms with Gasteiger partial charge in [-0.25, -0.2) is 0 Å². The topological polar surface area (TPSA) is 60.9 Å². The normalized spacial score (nSPS) is 12.8. The number of rotatable bonds is 5. The van der Waals surface area contributed by atoms with Crippen LogP contribution >= 0.6 is 0 Å². The Hall–Kier alpha value is -1.16. The quantitative estimate of drug-likeness (QED) is 0.712. The van der Waals surface area contributed by atoms with Crippen LogP contribution < -0.4 is 5.73 Å². The number of aryl methyl sites for hydroxylation is 1. The number of Topliss-reactive ketones (excluding diaryl/α,β-unsaturated/α-hetero) is 1. The average molecular weight is 195 g/mol. The molecule has 0 aliphatic rings. The molecule has 0 aliphatic heterocycles. The molecule has 1 unspecified atom stereocenters. The molecule has 14 heavy (non-hydrogen) atoms. The molecule has 1 aromatic heterocycles. The molecule has 4 heteroatoms. The number of hydrogen-bond acceptors (Lipinski definition) is 3. The first kappa shape index (κ1) is 10.9. The highest BCUT2D eigenvalue weighted by Gasteiger charge is 2.19. The molecule has 0 amide bonds. The van der Waals surface area contributed by atoms with Gasteiger partial charge >= 0.3 is 0 Å². The number of carbonyl (C=O) groups excluding carboxylic acids is 1. The van der Waals surface area contributed by atoms with Crippen LogP contribution in [-0.2, 0) is 7.05 Å². The molecule has 0 radical (unpaired) electrons. The number of hydrogen-bond donors (Lipinski definition) is 1. The molecule has 0 fully saturated rings. The second-order valence-corrected chi connectivity index (χ2v) is 3.43. The standard InChI is InChI=1S/C10H17N3O/c1-3-4-8(7-11)10(14)9-5-6-12-13(9)2/h5-6,8H,3-4,7,11H2,1-2H3. The highest BCUT2D eigenvalue weighted by molar-refractivity contribution is 5.96. The Morgan fingerprint density at radius 1 is 1.71 bits per heavy atom. The summed E-state index contributed by atoms with van der Waals surface area (Å²) in [5, 5.41) is 3.97. The Bertz CT molecular complexity index is 306. The van der Waals surface area contributed by atoms with Crippen LogP contribution in [0.25, 0.3) is 0 Å². The monoisotopic (exact) mass is 195 g/mol. The van der Waals surface area contributed by atoms with Gasteiger partial charge in [0, 0.05) is 25.7 Å². The Labute approximate surface area is 84.1 Å². The molecule has 1 aromatic rings. The molecule has 0 bridgehead atoms. The first-order valence-corrected chi connectivity index (χ1v) is 4.93. The summed E-state index contributed by atoms with van der Waals surface area (Å²) in [5.74, 6) is 0.0461. The first-order chi connectivity index (χ1) is 6.70. The van der Waals surface area contributed by atoms with E-state index >= 15 is 0 Å². The maximum atomic E-state index is 11.9. The van der Waals surface area contributed by atoms with Gasteiger partial charge < -0.3 is 5.73 Å². The molecule has 0 aromatic carbocycles. The minimum absolute atomic E-state index is 0.0598. The molecule has 2 N–H and O–H groups in total. The minimum atomic E-state index is -0.0598. The molecular weight excluding hydrogens is 178 g/mol. The van der Waals surface area contributed by atoms with E-state index in [9.17, 15) is 4.79 Å². The third-order valence-electron chi connectivity index (χ3n) is 2.37. The van der Waals surface area contributed by atoms with E-state index in [2.05, 4.69) is 12.0 Å².